The van der Waals surface area contributed by atoms with Crippen molar-refractivity contribution in [2.24, 2.45) is 0 Å². The highest BCUT2D eigenvalue weighted by Gasteiger charge is 2.23. The van der Waals surface area contributed by atoms with Crippen molar-refractivity contribution in [3.8, 4) is 0 Å². The summed E-state index contributed by atoms with van der Waals surface area (Å²) in [7, 11) is 1.78. The quantitative estimate of drug-likeness (QED) is 0.776. The van der Waals surface area contributed by atoms with Crippen molar-refractivity contribution in [1.82, 2.24) is 4.90 Å². The van der Waals surface area contributed by atoms with Crippen LogP contribution < -0.4 is 0 Å². The smallest absolute Gasteiger partial charge is 0.255 e. The summed E-state index contributed by atoms with van der Waals surface area (Å²) in [6, 6.07) is 13.6. The van der Waals surface area contributed by atoms with E-state index in [0.717, 1.165) is 10.9 Å². The van der Waals surface area contributed by atoms with Gasteiger partial charge in [0.25, 0.3) is 5.91 Å². The second kappa shape index (κ2) is 7.04. The van der Waals surface area contributed by atoms with Crippen molar-refractivity contribution >= 4 is 33.4 Å². The van der Waals surface area contributed by atoms with Gasteiger partial charge < -0.3 is 9.64 Å². The predicted octanol–water partition coefficient (Wildman–Crippen LogP) is 4.32. The Morgan fingerprint density at radius 1 is 1.30 bits per heavy atom. The fraction of sp³-hybridized carbons (Fsp3) is 0.278. The molecule has 1 unspecified atom stereocenters. The molecule has 23 heavy (non-hydrogen) atoms. The minimum absolute atomic E-state index is 0.00442. The molecule has 1 aliphatic heterocycles. The number of benzene rings is 2. The second-order valence-corrected chi connectivity index (χ2v) is 7.04. The van der Waals surface area contributed by atoms with Crippen LogP contribution >= 0.6 is 27.5 Å². The van der Waals surface area contributed by atoms with Crippen molar-refractivity contribution in [3.05, 3.63) is 68.7 Å². The monoisotopic (exact) mass is 393 g/mol. The minimum Gasteiger partial charge on any atom is -0.371 e. The van der Waals surface area contributed by atoms with Gasteiger partial charge in [-0.15, -0.1) is 0 Å². The molecule has 0 spiro atoms. The van der Waals surface area contributed by atoms with E-state index in [1.165, 1.54) is 11.1 Å². The Balaban J connectivity index is 1.69. The molecule has 5 heteroatoms. The number of likely N-dealkylation sites (N-methyl/N-ethyl adjacent to an activating group) is 1. The summed E-state index contributed by atoms with van der Waals surface area (Å²) < 4.78 is 6.71. The van der Waals surface area contributed by atoms with Crippen molar-refractivity contribution in [2.75, 3.05) is 13.6 Å². The van der Waals surface area contributed by atoms with Crippen LogP contribution in [0.3, 0.4) is 0 Å². The van der Waals surface area contributed by atoms with Gasteiger partial charge in [0.2, 0.25) is 0 Å². The molecule has 0 aliphatic carbocycles. The first-order chi connectivity index (χ1) is 11.0. The molecule has 1 aliphatic rings. The molecule has 0 N–H and O–H groups in total. The highest BCUT2D eigenvalue weighted by Crippen LogP contribution is 2.24. The number of carbonyl (C=O) groups is 1. The zero-order valence-corrected chi connectivity index (χ0v) is 15.1. The van der Waals surface area contributed by atoms with Gasteiger partial charge in [-0.05, 0) is 29.3 Å². The second-order valence-electron chi connectivity index (χ2n) is 5.72. The van der Waals surface area contributed by atoms with E-state index < -0.39 is 0 Å². The fourth-order valence-corrected chi connectivity index (χ4v) is 3.34. The minimum atomic E-state index is -0.0984. The lowest BCUT2D eigenvalue weighted by Crippen LogP contribution is -2.38. The molecule has 0 bridgehead atoms. The first-order valence-electron chi connectivity index (χ1n) is 7.43. The highest BCUT2D eigenvalue weighted by molar-refractivity contribution is 9.10. The number of halogens is 2. The maximum absolute atomic E-state index is 12.6. The number of ether oxygens (including phenoxy) is 1. The molecular formula is C18H17BrClNO2. The molecule has 0 fully saturated rings. The van der Waals surface area contributed by atoms with Crippen LogP contribution in [-0.2, 0) is 17.8 Å². The molecule has 3 rings (SSSR count). The molecule has 1 atom stereocenters. The van der Waals surface area contributed by atoms with Crippen LogP contribution in [0.4, 0.5) is 0 Å². The summed E-state index contributed by atoms with van der Waals surface area (Å²) in [5.41, 5.74) is 3.03. The van der Waals surface area contributed by atoms with E-state index in [1.807, 2.05) is 18.2 Å². The first-order valence-corrected chi connectivity index (χ1v) is 8.60. The Morgan fingerprint density at radius 3 is 2.83 bits per heavy atom. The molecule has 0 saturated carbocycles. The normalized spacial score (nSPS) is 16.7. The number of nitrogens with zero attached hydrogens (tertiary/aromatic N) is 1. The summed E-state index contributed by atoms with van der Waals surface area (Å²) in [5, 5.41) is 0.458. The van der Waals surface area contributed by atoms with Gasteiger partial charge in [-0.3, -0.25) is 4.79 Å². The lowest BCUT2D eigenvalue weighted by Gasteiger charge is -2.29. The highest BCUT2D eigenvalue weighted by atomic mass is 79.9. The Kier molecular flexibility index (Phi) is 5.05. The molecule has 0 radical (unpaired) electrons. The molecule has 0 saturated heterocycles. The van der Waals surface area contributed by atoms with E-state index in [4.69, 9.17) is 16.3 Å². The first kappa shape index (κ1) is 16.5. The van der Waals surface area contributed by atoms with Gasteiger partial charge in [-0.2, -0.15) is 0 Å². The number of fused-ring (bicyclic) bond motifs is 1. The Morgan fingerprint density at radius 2 is 2.04 bits per heavy atom. The zero-order chi connectivity index (χ0) is 16.4. The Labute approximate surface area is 149 Å². The number of rotatable bonds is 3. The summed E-state index contributed by atoms with van der Waals surface area (Å²) in [6.07, 6.45) is 0.824. The molecule has 0 aromatic heterocycles. The van der Waals surface area contributed by atoms with Gasteiger partial charge in [0, 0.05) is 24.5 Å². The van der Waals surface area contributed by atoms with Crippen LogP contribution in [0.25, 0.3) is 0 Å². The molecule has 3 nitrogen and oxygen atoms in total. The third kappa shape index (κ3) is 3.77. The largest absolute Gasteiger partial charge is 0.371 e. The number of carbonyl (C=O) groups excluding carboxylic acids is 1. The SMILES string of the molecule is CN(CC1Cc2ccccc2CO1)C(=O)c1cc(Br)ccc1Cl. The van der Waals surface area contributed by atoms with Crippen molar-refractivity contribution in [3.63, 3.8) is 0 Å². The van der Waals surface area contributed by atoms with E-state index in [1.54, 1.807) is 24.1 Å². The van der Waals surface area contributed by atoms with Crippen LogP contribution in [0, 0.1) is 0 Å². The third-order valence-corrected chi connectivity index (χ3v) is 4.85. The van der Waals surface area contributed by atoms with Crippen LogP contribution in [0.2, 0.25) is 5.02 Å². The van der Waals surface area contributed by atoms with Gasteiger partial charge >= 0.3 is 0 Å². The van der Waals surface area contributed by atoms with Crippen LogP contribution in [0.15, 0.2) is 46.9 Å². The maximum atomic E-state index is 12.6. The summed E-state index contributed by atoms with van der Waals surface area (Å²) in [5.74, 6) is -0.0984. The van der Waals surface area contributed by atoms with Crippen LogP contribution in [0.1, 0.15) is 21.5 Å². The number of amides is 1. The van der Waals surface area contributed by atoms with Crippen LogP contribution in [-0.4, -0.2) is 30.5 Å². The topological polar surface area (TPSA) is 29.5 Å². The Hall–Kier alpha value is -1.36. The third-order valence-electron chi connectivity index (χ3n) is 4.02. The zero-order valence-electron chi connectivity index (χ0n) is 12.8. The van der Waals surface area contributed by atoms with E-state index >= 15 is 0 Å². The van der Waals surface area contributed by atoms with Gasteiger partial charge in [0.05, 0.1) is 23.3 Å². The van der Waals surface area contributed by atoms with E-state index in [9.17, 15) is 4.79 Å². The predicted molar refractivity (Wildman–Crippen MR) is 94.8 cm³/mol. The van der Waals surface area contributed by atoms with Gasteiger partial charge in [0.15, 0.2) is 0 Å². The van der Waals surface area contributed by atoms with Crippen molar-refractivity contribution in [1.29, 1.82) is 0 Å². The number of hydrogen-bond donors (Lipinski definition) is 0. The lowest BCUT2D eigenvalue weighted by molar-refractivity contribution is 0.00985. The molecular weight excluding hydrogens is 378 g/mol. The molecule has 2 aromatic rings. The average molecular weight is 395 g/mol. The van der Waals surface area contributed by atoms with E-state index in [0.29, 0.717) is 23.7 Å². The molecule has 1 amide bonds. The Bertz CT molecular complexity index is 735. The molecule has 2 aromatic carbocycles. The van der Waals surface area contributed by atoms with Crippen molar-refractivity contribution < 1.29 is 9.53 Å². The lowest BCUT2D eigenvalue weighted by atomic mass is 9.99. The van der Waals surface area contributed by atoms with E-state index in [2.05, 4.69) is 28.1 Å². The average Bonchev–Trinajstić information content (AvgIpc) is 2.56. The molecule has 1 heterocycles. The standard InChI is InChI=1S/C18H17BrClNO2/c1-21(18(22)16-9-14(19)6-7-17(16)20)10-15-8-12-4-2-3-5-13(12)11-23-15/h2-7,9,15H,8,10-11H2,1H3. The maximum Gasteiger partial charge on any atom is 0.255 e. The van der Waals surface area contributed by atoms with Gasteiger partial charge in [-0.1, -0.05) is 51.8 Å². The fourth-order valence-electron chi connectivity index (χ4n) is 2.78. The molecule has 120 valence electrons. The van der Waals surface area contributed by atoms with Crippen LogP contribution in [0.5, 0.6) is 0 Å². The van der Waals surface area contributed by atoms with Crippen molar-refractivity contribution in [2.45, 2.75) is 19.1 Å². The summed E-state index contributed by atoms with van der Waals surface area (Å²) >= 11 is 9.52. The summed E-state index contributed by atoms with van der Waals surface area (Å²) in [6.45, 7) is 1.14. The number of hydrogen-bond acceptors (Lipinski definition) is 2. The van der Waals surface area contributed by atoms with Gasteiger partial charge in [-0.25, -0.2) is 0 Å². The van der Waals surface area contributed by atoms with Gasteiger partial charge in [0.1, 0.15) is 0 Å². The van der Waals surface area contributed by atoms with E-state index in [-0.39, 0.29) is 12.0 Å². The summed E-state index contributed by atoms with van der Waals surface area (Å²) in [4.78, 5) is 14.3.